The van der Waals surface area contributed by atoms with Crippen molar-refractivity contribution in [3.8, 4) is 0 Å². The number of hydrogen-bond acceptors (Lipinski definition) is 2. The lowest BCUT2D eigenvalue weighted by molar-refractivity contribution is 0.489. The molecule has 0 aliphatic heterocycles. The molecule has 0 unspecified atom stereocenters. The molecule has 3 heteroatoms. The predicted octanol–water partition coefficient (Wildman–Crippen LogP) is 1.92. The van der Waals surface area contributed by atoms with Crippen molar-refractivity contribution in [3.05, 3.63) is 0 Å². The van der Waals surface area contributed by atoms with Crippen molar-refractivity contribution in [2.75, 3.05) is 6.26 Å². The summed E-state index contributed by atoms with van der Waals surface area (Å²) in [5.41, 5.74) is 0. The van der Waals surface area contributed by atoms with Crippen molar-refractivity contribution < 1.29 is 0 Å². The summed E-state index contributed by atoms with van der Waals surface area (Å²) in [7, 11) is 0. The van der Waals surface area contributed by atoms with Crippen molar-refractivity contribution in [2.24, 2.45) is 5.92 Å². The maximum absolute atomic E-state index is 7.31. The Kier molecular flexibility index (Phi) is 4.52. The van der Waals surface area contributed by atoms with E-state index in [-0.39, 0.29) is 0 Å². The normalized spacial score (nSPS) is 13.3. The van der Waals surface area contributed by atoms with E-state index in [1.165, 1.54) is 11.8 Å². The van der Waals surface area contributed by atoms with Gasteiger partial charge in [-0.3, -0.25) is 5.41 Å². The molecule has 0 radical (unpaired) electrons. The van der Waals surface area contributed by atoms with Gasteiger partial charge in [0.25, 0.3) is 0 Å². The topological polar surface area (TPSA) is 35.9 Å². The number of rotatable bonds is 2. The molecule has 0 bridgehead atoms. The third-order valence-corrected chi connectivity index (χ3v) is 2.09. The molecule has 10 heavy (non-hydrogen) atoms. The van der Waals surface area contributed by atoms with Crippen molar-refractivity contribution in [1.29, 1.82) is 5.41 Å². The fraction of sp³-hybridized carbons (Fsp3) is 0.857. The van der Waals surface area contributed by atoms with E-state index < -0.39 is 0 Å². The fourth-order valence-corrected chi connectivity index (χ4v) is 0.736. The second-order valence-corrected chi connectivity index (χ2v) is 3.53. The number of thioether (sulfide) groups is 1. The predicted molar refractivity (Wildman–Crippen MR) is 48.7 cm³/mol. The van der Waals surface area contributed by atoms with Gasteiger partial charge >= 0.3 is 0 Å². The van der Waals surface area contributed by atoms with Crippen LogP contribution in [-0.2, 0) is 0 Å². The number of hydrogen-bond donors (Lipinski definition) is 2. The lowest BCUT2D eigenvalue weighted by atomic mass is 10.1. The summed E-state index contributed by atoms with van der Waals surface area (Å²) in [5, 5.41) is 10.9. The van der Waals surface area contributed by atoms with E-state index in [4.69, 9.17) is 5.41 Å². The molecule has 0 aromatic carbocycles. The first-order valence-corrected chi connectivity index (χ1v) is 4.69. The number of amidine groups is 1. The third-order valence-electron chi connectivity index (χ3n) is 1.56. The summed E-state index contributed by atoms with van der Waals surface area (Å²) < 4.78 is 0. The molecule has 60 valence electrons. The zero-order valence-electron chi connectivity index (χ0n) is 7.06. The van der Waals surface area contributed by atoms with E-state index in [2.05, 4.69) is 26.1 Å². The molecule has 0 saturated carbocycles. The Labute approximate surface area is 67.3 Å². The summed E-state index contributed by atoms with van der Waals surface area (Å²) in [6.45, 7) is 6.38. The smallest absolute Gasteiger partial charge is 0.153 e. The molecule has 0 aromatic heterocycles. The molecule has 0 aliphatic rings. The van der Waals surface area contributed by atoms with Gasteiger partial charge in [0.15, 0.2) is 5.17 Å². The lowest BCUT2D eigenvalue weighted by Gasteiger charge is -2.17. The summed E-state index contributed by atoms with van der Waals surface area (Å²) in [5.74, 6) is 0.590. The molecule has 2 N–H and O–H groups in total. The summed E-state index contributed by atoms with van der Waals surface area (Å²) >= 11 is 1.44. The van der Waals surface area contributed by atoms with Crippen LogP contribution in [0.4, 0.5) is 0 Å². The van der Waals surface area contributed by atoms with Crippen LogP contribution in [0.1, 0.15) is 20.8 Å². The second-order valence-electron chi connectivity index (χ2n) is 2.71. The largest absolute Gasteiger partial charge is 0.362 e. The minimum absolute atomic E-state index is 0.403. The molecule has 0 amide bonds. The van der Waals surface area contributed by atoms with Crippen LogP contribution in [0.15, 0.2) is 0 Å². The summed E-state index contributed by atoms with van der Waals surface area (Å²) in [6.07, 6.45) is 1.91. The average molecular weight is 160 g/mol. The molecule has 0 rings (SSSR count). The average Bonchev–Trinajstić information content (AvgIpc) is 1.87. The van der Waals surface area contributed by atoms with Crippen molar-refractivity contribution in [1.82, 2.24) is 5.32 Å². The minimum Gasteiger partial charge on any atom is -0.362 e. The van der Waals surface area contributed by atoms with Crippen LogP contribution in [0.25, 0.3) is 0 Å². The number of nitrogens with one attached hydrogen (secondary N) is 2. The Hall–Kier alpha value is -0.180. The van der Waals surface area contributed by atoms with Gasteiger partial charge in [-0.05, 0) is 19.1 Å². The van der Waals surface area contributed by atoms with E-state index in [0.29, 0.717) is 17.1 Å². The maximum Gasteiger partial charge on any atom is 0.153 e. The first kappa shape index (κ1) is 9.82. The molecule has 2 nitrogen and oxygen atoms in total. The zero-order valence-corrected chi connectivity index (χ0v) is 7.88. The Morgan fingerprint density at radius 1 is 1.40 bits per heavy atom. The standard InChI is InChI=1S/C7H16N2S/c1-5(2)6(3)9-7(8)10-4/h5-6H,1-4H3,(H2,8,9)/t6-/m0/s1. The lowest BCUT2D eigenvalue weighted by Crippen LogP contribution is -2.33. The van der Waals surface area contributed by atoms with Crippen LogP contribution >= 0.6 is 11.8 Å². The highest BCUT2D eigenvalue weighted by molar-refractivity contribution is 8.13. The Balaban J connectivity index is 3.57. The maximum atomic E-state index is 7.31. The molecule has 0 aliphatic carbocycles. The first-order chi connectivity index (χ1) is 4.57. The minimum atomic E-state index is 0.403. The van der Waals surface area contributed by atoms with E-state index in [9.17, 15) is 0 Å². The highest BCUT2D eigenvalue weighted by Gasteiger charge is 2.06. The Bertz CT molecular complexity index is 112. The highest BCUT2D eigenvalue weighted by atomic mass is 32.2. The molecule has 0 aromatic rings. The fourth-order valence-electron chi connectivity index (χ4n) is 0.432. The summed E-state index contributed by atoms with van der Waals surface area (Å²) in [4.78, 5) is 0. The molecular formula is C7H16N2S. The van der Waals surface area contributed by atoms with Crippen molar-refractivity contribution in [2.45, 2.75) is 26.8 Å². The van der Waals surface area contributed by atoms with Gasteiger partial charge in [-0.15, -0.1) is 0 Å². The van der Waals surface area contributed by atoms with E-state index in [0.717, 1.165) is 0 Å². The van der Waals surface area contributed by atoms with Crippen LogP contribution in [0.5, 0.6) is 0 Å². The van der Waals surface area contributed by atoms with Crippen molar-refractivity contribution in [3.63, 3.8) is 0 Å². The van der Waals surface area contributed by atoms with Gasteiger partial charge in [0.1, 0.15) is 0 Å². The van der Waals surface area contributed by atoms with Crippen LogP contribution in [-0.4, -0.2) is 17.5 Å². The molecule has 0 saturated heterocycles. The van der Waals surface area contributed by atoms with Gasteiger partial charge in [0, 0.05) is 6.04 Å². The van der Waals surface area contributed by atoms with E-state index in [1.54, 1.807) is 0 Å². The van der Waals surface area contributed by atoms with Crippen LogP contribution in [0, 0.1) is 11.3 Å². The summed E-state index contributed by atoms with van der Waals surface area (Å²) in [6, 6.07) is 0.403. The van der Waals surface area contributed by atoms with Gasteiger partial charge in [0.2, 0.25) is 0 Å². The van der Waals surface area contributed by atoms with Gasteiger partial charge in [-0.2, -0.15) is 0 Å². The molecule has 0 spiro atoms. The van der Waals surface area contributed by atoms with Crippen LogP contribution < -0.4 is 5.32 Å². The van der Waals surface area contributed by atoms with E-state index in [1.807, 2.05) is 6.26 Å². The molecular weight excluding hydrogens is 144 g/mol. The third kappa shape index (κ3) is 3.77. The molecule has 0 heterocycles. The second kappa shape index (κ2) is 4.61. The van der Waals surface area contributed by atoms with Gasteiger partial charge in [0.05, 0.1) is 0 Å². The first-order valence-electron chi connectivity index (χ1n) is 3.47. The van der Waals surface area contributed by atoms with Crippen LogP contribution in [0.3, 0.4) is 0 Å². The van der Waals surface area contributed by atoms with Gasteiger partial charge in [-0.25, -0.2) is 0 Å². The molecule has 1 atom stereocenters. The van der Waals surface area contributed by atoms with Gasteiger partial charge < -0.3 is 5.32 Å². The quantitative estimate of drug-likeness (QED) is 0.478. The molecule has 0 fully saturated rings. The van der Waals surface area contributed by atoms with E-state index >= 15 is 0 Å². The van der Waals surface area contributed by atoms with Gasteiger partial charge in [-0.1, -0.05) is 25.6 Å². The monoisotopic (exact) mass is 160 g/mol. The Morgan fingerprint density at radius 2 is 1.90 bits per heavy atom. The zero-order chi connectivity index (χ0) is 8.15. The van der Waals surface area contributed by atoms with Crippen molar-refractivity contribution >= 4 is 16.9 Å². The van der Waals surface area contributed by atoms with Crippen LogP contribution in [0.2, 0.25) is 0 Å². The highest BCUT2D eigenvalue weighted by Crippen LogP contribution is 2.01. The Morgan fingerprint density at radius 3 is 2.20 bits per heavy atom. The SMILES string of the molecule is CSC(=N)N[C@@H](C)C(C)C.